The van der Waals surface area contributed by atoms with Crippen LogP contribution in [-0.4, -0.2) is 0 Å². The SMILES string of the molecule is CC1=CC=C2CC1C(C)=C/C2=C\C(N)c1ccccc1. The lowest BCUT2D eigenvalue weighted by Gasteiger charge is -2.30. The van der Waals surface area contributed by atoms with Crippen molar-refractivity contribution in [1.29, 1.82) is 0 Å². The third-order valence-corrected chi connectivity index (χ3v) is 4.37. The second-order valence-corrected chi connectivity index (χ2v) is 5.81. The van der Waals surface area contributed by atoms with Crippen LogP contribution < -0.4 is 5.73 Å². The molecule has 0 heterocycles. The Balaban J connectivity index is 1.95. The molecule has 1 aromatic carbocycles. The number of hydrogen-bond donors (Lipinski definition) is 1. The number of benzene rings is 1. The molecule has 2 bridgehead atoms. The van der Waals surface area contributed by atoms with Crippen molar-refractivity contribution in [2.24, 2.45) is 11.7 Å². The fourth-order valence-corrected chi connectivity index (χ4v) is 3.09. The quantitative estimate of drug-likeness (QED) is 0.837. The van der Waals surface area contributed by atoms with Crippen LogP contribution in [0.4, 0.5) is 0 Å². The molecule has 3 rings (SSSR count). The van der Waals surface area contributed by atoms with Crippen LogP contribution in [0.25, 0.3) is 0 Å². The molecule has 2 N–H and O–H groups in total. The molecule has 2 unspecified atom stereocenters. The van der Waals surface area contributed by atoms with Gasteiger partial charge in [0.15, 0.2) is 0 Å². The zero-order valence-corrected chi connectivity index (χ0v) is 12.1. The Hall–Kier alpha value is -1.86. The van der Waals surface area contributed by atoms with E-state index in [-0.39, 0.29) is 6.04 Å². The van der Waals surface area contributed by atoms with E-state index in [1.807, 2.05) is 18.2 Å². The normalized spacial score (nSPS) is 24.9. The van der Waals surface area contributed by atoms with Crippen molar-refractivity contribution in [1.82, 2.24) is 0 Å². The first-order valence-corrected chi connectivity index (χ1v) is 7.23. The smallest absolute Gasteiger partial charge is 0.0490 e. The Morgan fingerprint density at radius 1 is 1.10 bits per heavy atom. The van der Waals surface area contributed by atoms with E-state index in [0.717, 1.165) is 12.0 Å². The second-order valence-electron chi connectivity index (χ2n) is 5.81. The Kier molecular flexibility index (Phi) is 3.45. The third kappa shape index (κ3) is 2.41. The monoisotopic (exact) mass is 263 g/mol. The molecule has 2 atom stereocenters. The van der Waals surface area contributed by atoms with E-state index in [1.54, 1.807) is 0 Å². The third-order valence-electron chi connectivity index (χ3n) is 4.37. The van der Waals surface area contributed by atoms with Crippen molar-refractivity contribution in [3.63, 3.8) is 0 Å². The summed E-state index contributed by atoms with van der Waals surface area (Å²) in [5, 5.41) is 0. The van der Waals surface area contributed by atoms with Gasteiger partial charge in [-0.05, 0) is 37.0 Å². The summed E-state index contributed by atoms with van der Waals surface area (Å²) in [6, 6.07) is 10.2. The van der Waals surface area contributed by atoms with Crippen molar-refractivity contribution < 1.29 is 0 Å². The van der Waals surface area contributed by atoms with Gasteiger partial charge >= 0.3 is 0 Å². The average Bonchev–Trinajstić information content (AvgIpc) is 2.47. The van der Waals surface area contributed by atoms with Gasteiger partial charge in [-0.3, -0.25) is 0 Å². The summed E-state index contributed by atoms with van der Waals surface area (Å²) in [5.74, 6) is 0.597. The van der Waals surface area contributed by atoms with Crippen LogP contribution in [0.2, 0.25) is 0 Å². The average molecular weight is 263 g/mol. The summed E-state index contributed by atoms with van der Waals surface area (Å²) in [5.41, 5.74) is 13.1. The maximum atomic E-state index is 6.32. The highest BCUT2D eigenvalue weighted by atomic mass is 14.6. The molecule has 2 aliphatic carbocycles. The molecule has 0 saturated carbocycles. The lowest BCUT2D eigenvalue weighted by molar-refractivity contribution is 0.678. The highest BCUT2D eigenvalue weighted by Gasteiger charge is 2.24. The maximum Gasteiger partial charge on any atom is 0.0490 e. The predicted molar refractivity (Wildman–Crippen MR) is 85.2 cm³/mol. The standard InChI is InChI=1S/C19H21N/c1-13-8-9-16-11-18(13)14(2)10-17(16)12-19(20)15-6-4-3-5-7-15/h3-10,12,18-19H,11,20H2,1-2H3/b17-12+. The van der Waals surface area contributed by atoms with Crippen LogP contribution in [0.5, 0.6) is 0 Å². The van der Waals surface area contributed by atoms with E-state index in [2.05, 4.69) is 50.3 Å². The van der Waals surface area contributed by atoms with Crippen LogP contribution in [0.1, 0.15) is 31.9 Å². The van der Waals surface area contributed by atoms with Crippen molar-refractivity contribution >= 4 is 0 Å². The molecule has 20 heavy (non-hydrogen) atoms. The Morgan fingerprint density at radius 2 is 1.85 bits per heavy atom. The zero-order valence-electron chi connectivity index (χ0n) is 12.1. The van der Waals surface area contributed by atoms with Gasteiger partial charge in [0.1, 0.15) is 0 Å². The summed E-state index contributed by atoms with van der Waals surface area (Å²) in [7, 11) is 0. The molecule has 1 nitrogen and oxygen atoms in total. The van der Waals surface area contributed by atoms with Gasteiger partial charge in [-0.2, -0.15) is 0 Å². The lowest BCUT2D eigenvalue weighted by Crippen LogP contribution is -2.16. The first-order chi connectivity index (χ1) is 9.65. The zero-order chi connectivity index (χ0) is 14.1. The predicted octanol–water partition coefficient (Wildman–Crippen LogP) is 4.47. The van der Waals surface area contributed by atoms with E-state index in [9.17, 15) is 0 Å². The van der Waals surface area contributed by atoms with Gasteiger partial charge in [0.2, 0.25) is 0 Å². The molecular formula is C19H21N. The Bertz CT molecular complexity index is 629. The molecule has 0 fully saturated rings. The second kappa shape index (κ2) is 5.26. The summed E-state index contributed by atoms with van der Waals surface area (Å²) < 4.78 is 0. The Labute approximate surface area is 121 Å². The van der Waals surface area contributed by atoms with Gasteiger partial charge in [0.25, 0.3) is 0 Å². The van der Waals surface area contributed by atoms with E-state index >= 15 is 0 Å². The van der Waals surface area contributed by atoms with Gasteiger partial charge in [0, 0.05) is 12.0 Å². The van der Waals surface area contributed by atoms with Crippen LogP contribution in [0, 0.1) is 5.92 Å². The minimum absolute atomic E-state index is 0.0419. The van der Waals surface area contributed by atoms with Gasteiger partial charge in [-0.25, -0.2) is 0 Å². The molecular weight excluding hydrogens is 242 g/mol. The highest BCUT2D eigenvalue weighted by Crippen LogP contribution is 2.39. The largest absolute Gasteiger partial charge is 0.321 e. The van der Waals surface area contributed by atoms with Crippen molar-refractivity contribution in [3.8, 4) is 0 Å². The minimum Gasteiger partial charge on any atom is -0.321 e. The van der Waals surface area contributed by atoms with Crippen molar-refractivity contribution in [2.45, 2.75) is 26.3 Å². The minimum atomic E-state index is -0.0419. The summed E-state index contributed by atoms with van der Waals surface area (Å²) >= 11 is 0. The number of rotatable bonds is 2. The summed E-state index contributed by atoms with van der Waals surface area (Å²) in [6.45, 7) is 4.45. The number of fused-ring (bicyclic) bond motifs is 2. The van der Waals surface area contributed by atoms with Gasteiger partial charge in [-0.1, -0.05) is 65.8 Å². The van der Waals surface area contributed by atoms with Crippen LogP contribution in [0.3, 0.4) is 0 Å². The summed E-state index contributed by atoms with van der Waals surface area (Å²) in [6.07, 6.45) is 10.1. The first-order valence-electron chi connectivity index (χ1n) is 7.23. The molecule has 0 saturated heterocycles. The fraction of sp³-hybridized carbons (Fsp3) is 0.263. The highest BCUT2D eigenvalue weighted by molar-refractivity contribution is 5.52. The van der Waals surface area contributed by atoms with E-state index in [1.165, 1.54) is 22.3 Å². The fourth-order valence-electron chi connectivity index (χ4n) is 3.09. The van der Waals surface area contributed by atoms with E-state index in [4.69, 9.17) is 5.73 Å². The molecule has 2 aliphatic rings. The molecule has 0 spiro atoms. The molecule has 1 heteroatoms. The van der Waals surface area contributed by atoms with Crippen molar-refractivity contribution in [2.75, 3.05) is 0 Å². The van der Waals surface area contributed by atoms with E-state index in [0.29, 0.717) is 5.92 Å². The van der Waals surface area contributed by atoms with Gasteiger partial charge < -0.3 is 5.73 Å². The molecule has 0 radical (unpaired) electrons. The Morgan fingerprint density at radius 3 is 2.60 bits per heavy atom. The van der Waals surface area contributed by atoms with Gasteiger partial charge in [-0.15, -0.1) is 0 Å². The van der Waals surface area contributed by atoms with E-state index < -0.39 is 0 Å². The van der Waals surface area contributed by atoms with Crippen molar-refractivity contribution in [3.05, 3.63) is 82.5 Å². The van der Waals surface area contributed by atoms with Crippen LogP contribution in [-0.2, 0) is 0 Å². The van der Waals surface area contributed by atoms with Crippen LogP contribution in [0.15, 0.2) is 76.9 Å². The summed E-state index contributed by atoms with van der Waals surface area (Å²) in [4.78, 5) is 0. The molecule has 0 aromatic heterocycles. The molecule has 0 aliphatic heterocycles. The lowest BCUT2D eigenvalue weighted by atomic mass is 9.75. The molecule has 1 aromatic rings. The number of allylic oxidation sites excluding steroid dienone is 7. The number of hydrogen-bond acceptors (Lipinski definition) is 1. The topological polar surface area (TPSA) is 26.0 Å². The molecule has 0 amide bonds. The first kappa shape index (κ1) is 13.1. The van der Waals surface area contributed by atoms with Gasteiger partial charge in [0.05, 0.1) is 0 Å². The maximum absolute atomic E-state index is 6.32. The number of nitrogens with two attached hydrogens (primary N) is 1. The molecule has 102 valence electrons. The van der Waals surface area contributed by atoms with Crippen LogP contribution >= 0.6 is 0 Å².